The molecule has 1 aromatic carbocycles. The van der Waals surface area contributed by atoms with E-state index in [-0.39, 0.29) is 24.0 Å². The van der Waals surface area contributed by atoms with Crippen LogP contribution in [0.5, 0.6) is 0 Å². The number of carbonyl (C=O) groups excluding carboxylic acids is 2. The van der Waals surface area contributed by atoms with E-state index in [1.807, 2.05) is 6.92 Å². The van der Waals surface area contributed by atoms with Gasteiger partial charge in [0.05, 0.1) is 11.2 Å². The average Bonchev–Trinajstić information content (AvgIpc) is 3.38. The second-order valence-corrected chi connectivity index (χ2v) is 8.91. The molecule has 8 nitrogen and oxygen atoms in total. The molecule has 1 aromatic heterocycles. The van der Waals surface area contributed by atoms with Crippen molar-refractivity contribution in [3.63, 3.8) is 0 Å². The lowest BCUT2D eigenvalue weighted by molar-refractivity contribution is -0.139. The number of nitrogens with zero attached hydrogens (tertiary/aromatic N) is 1. The second-order valence-electron chi connectivity index (χ2n) is 7.02. The number of hydrogen-bond donors (Lipinski definition) is 2. The third kappa shape index (κ3) is 5.24. The van der Waals surface area contributed by atoms with E-state index in [4.69, 9.17) is 4.42 Å². The summed E-state index contributed by atoms with van der Waals surface area (Å²) in [6.45, 7) is 2.66. The zero-order chi connectivity index (χ0) is 20.9. The molecular formula is C20H25N3O5S. The van der Waals surface area contributed by atoms with Crippen molar-refractivity contribution in [3.05, 3.63) is 54.0 Å². The standard InChI is InChI=1S/C20H25N3O5S/c1-15-6-8-18(9-7-15)29(26,27)23-12-2-4-16(23)14-22-20(25)19(24)21-11-10-17-5-3-13-28-17/h3,5-9,13,16H,2,4,10-12,14H2,1H3,(H,21,24)(H,22,25)/t16-/m1/s1. The van der Waals surface area contributed by atoms with Gasteiger partial charge in [-0.05, 0) is 44.0 Å². The first-order chi connectivity index (χ1) is 13.9. The van der Waals surface area contributed by atoms with Crippen LogP contribution < -0.4 is 10.6 Å². The molecule has 2 amide bonds. The van der Waals surface area contributed by atoms with Gasteiger partial charge < -0.3 is 15.1 Å². The molecule has 0 unspecified atom stereocenters. The molecule has 29 heavy (non-hydrogen) atoms. The van der Waals surface area contributed by atoms with Crippen molar-refractivity contribution in [1.82, 2.24) is 14.9 Å². The highest BCUT2D eigenvalue weighted by molar-refractivity contribution is 7.89. The fourth-order valence-corrected chi connectivity index (χ4v) is 4.99. The van der Waals surface area contributed by atoms with E-state index in [0.717, 1.165) is 5.56 Å². The van der Waals surface area contributed by atoms with Crippen LogP contribution in [-0.2, 0) is 26.0 Å². The molecule has 1 fully saturated rings. The van der Waals surface area contributed by atoms with E-state index < -0.39 is 21.8 Å². The van der Waals surface area contributed by atoms with Gasteiger partial charge in [-0.3, -0.25) is 9.59 Å². The number of rotatable bonds is 7. The normalized spacial score (nSPS) is 17.2. The quantitative estimate of drug-likeness (QED) is 0.656. The fraction of sp³-hybridized carbons (Fsp3) is 0.400. The first-order valence-corrected chi connectivity index (χ1v) is 11.0. The summed E-state index contributed by atoms with van der Waals surface area (Å²) in [6.07, 6.45) is 3.37. The van der Waals surface area contributed by atoms with Gasteiger partial charge in [-0.25, -0.2) is 8.42 Å². The van der Waals surface area contributed by atoms with E-state index in [0.29, 0.717) is 31.6 Å². The molecule has 2 heterocycles. The number of nitrogens with one attached hydrogen (secondary N) is 2. The van der Waals surface area contributed by atoms with Crippen LogP contribution in [0.25, 0.3) is 0 Å². The number of benzene rings is 1. The van der Waals surface area contributed by atoms with Crippen LogP contribution in [0.2, 0.25) is 0 Å². The summed E-state index contributed by atoms with van der Waals surface area (Å²) in [4.78, 5) is 24.2. The highest BCUT2D eigenvalue weighted by Gasteiger charge is 2.35. The summed E-state index contributed by atoms with van der Waals surface area (Å²) in [6, 6.07) is 9.86. The molecule has 1 atom stereocenters. The summed E-state index contributed by atoms with van der Waals surface area (Å²) in [7, 11) is -3.64. The Morgan fingerprint density at radius 1 is 1.14 bits per heavy atom. The number of furan rings is 1. The SMILES string of the molecule is Cc1ccc(S(=O)(=O)N2CCC[C@@H]2CNC(=O)C(=O)NCCc2ccco2)cc1. The Hall–Kier alpha value is -2.65. The Morgan fingerprint density at radius 2 is 1.86 bits per heavy atom. The molecule has 0 aliphatic carbocycles. The molecule has 0 saturated carbocycles. The molecule has 1 aliphatic heterocycles. The highest BCUT2D eigenvalue weighted by atomic mass is 32.2. The smallest absolute Gasteiger partial charge is 0.309 e. The number of carbonyl (C=O) groups is 2. The van der Waals surface area contributed by atoms with Gasteiger partial charge in [-0.1, -0.05) is 17.7 Å². The summed E-state index contributed by atoms with van der Waals surface area (Å²) in [5.74, 6) is -0.805. The van der Waals surface area contributed by atoms with Gasteiger partial charge >= 0.3 is 11.8 Å². The van der Waals surface area contributed by atoms with Crippen molar-refractivity contribution in [3.8, 4) is 0 Å². The van der Waals surface area contributed by atoms with Gasteiger partial charge in [-0.15, -0.1) is 0 Å². The third-order valence-corrected chi connectivity index (χ3v) is 6.86. The summed E-state index contributed by atoms with van der Waals surface area (Å²) >= 11 is 0. The van der Waals surface area contributed by atoms with Gasteiger partial charge in [0.25, 0.3) is 0 Å². The first-order valence-electron chi connectivity index (χ1n) is 9.55. The minimum absolute atomic E-state index is 0.0928. The van der Waals surface area contributed by atoms with Crippen LogP contribution in [0.1, 0.15) is 24.2 Å². The zero-order valence-electron chi connectivity index (χ0n) is 16.3. The molecule has 3 rings (SSSR count). The summed E-state index contributed by atoms with van der Waals surface area (Å²) in [5.41, 5.74) is 0.979. The predicted octanol–water partition coefficient (Wildman–Crippen LogP) is 1.22. The van der Waals surface area contributed by atoms with Gasteiger partial charge in [0.2, 0.25) is 10.0 Å². The molecule has 156 valence electrons. The van der Waals surface area contributed by atoms with E-state index >= 15 is 0 Å². The van der Waals surface area contributed by atoms with Crippen LogP contribution in [0, 0.1) is 6.92 Å². The maximum absolute atomic E-state index is 12.9. The van der Waals surface area contributed by atoms with E-state index in [9.17, 15) is 18.0 Å². The van der Waals surface area contributed by atoms with Gasteiger partial charge in [0.15, 0.2) is 0 Å². The largest absolute Gasteiger partial charge is 0.469 e. The molecule has 0 spiro atoms. The number of sulfonamides is 1. The van der Waals surface area contributed by atoms with E-state index in [1.54, 1.807) is 42.7 Å². The number of amides is 2. The molecule has 9 heteroatoms. The minimum atomic E-state index is -3.64. The maximum Gasteiger partial charge on any atom is 0.309 e. The first kappa shape index (κ1) is 21.1. The van der Waals surface area contributed by atoms with Gasteiger partial charge in [0.1, 0.15) is 5.76 Å². The molecule has 2 aromatic rings. The van der Waals surface area contributed by atoms with Crippen LogP contribution in [0.3, 0.4) is 0 Å². The van der Waals surface area contributed by atoms with E-state index in [1.165, 1.54) is 4.31 Å². The minimum Gasteiger partial charge on any atom is -0.469 e. The van der Waals surface area contributed by atoms with Crippen molar-refractivity contribution < 1.29 is 22.4 Å². The Bertz CT molecular complexity index is 939. The van der Waals surface area contributed by atoms with Crippen molar-refractivity contribution in [1.29, 1.82) is 0 Å². The zero-order valence-corrected chi connectivity index (χ0v) is 17.1. The molecule has 1 saturated heterocycles. The molecule has 0 bridgehead atoms. The van der Waals surface area contributed by atoms with Crippen LogP contribution in [0.4, 0.5) is 0 Å². The lowest BCUT2D eigenvalue weighted by Crippen LogP contribution is -2.47. The third-order valence-electron chi connectivity index (χ3n) is 4.89. The van der Waals surface area contributed by atoms with Crippen molar-refractivity contribution >= 4 is 21.8 Å². The second kappa shape index (κ2) is 9.23. The molecule has 1 aliphatic rings. The van der Waals surface area contributed by atoms with Crippen LogP contribution >= 0.6 is 0 Å². The fourth-order valence-electron chi connectivity index (χ4n) is 3.30. The Kier molecular flexibility index (Phi) is 6.71. The predicted molar refractivity (Wildman–Crippen MR) is 107 cm³/mol. The molecule has 2 N–H and O–H groups in total. The average molecular weight is 420 g/mol. The Labute approximate surface area is 170 Å². The number of aryl methyl sites for hydroxylation is 1. The van der Waals surface area contributed by atoms with Crippen LogP contribution in [-0.4, -0.2) is 50.2 Å². The topological polar surface area (TPSA) is 109 Å². The van der Waals surface area contributed by atoms with Crippen molar-refractivity contribution in [2.24, 2.45) is 0 Å². The van der Waals surface area contributed by atoms with Crippen molar-refractivity contribution in [2.75, 3.05) is 19.6 Å². The Balaban J connectivity index is 1.51. The summed E-state index contributed by atoms with van der Waals surface area (Å²) in [5, 5.41) is 5.08. The molecular weight excluding hydrogens is 394 g/mol. The summed E-state index contributed by atoms with van der Waals surface area (Å²) < 4.78 is 32.4. The van der Waals surface area contributed by atoms with Crippen molar-refractivity contribution in [2.45, 2.75) is 37.1 Å². The van der Waals surface area contributed by atoms with E-state index in [2.05, 4.69) is 10.6 Å². The van der Waals surface area contributed by atoms with Crippen LogP contribution in [0.15, 0.2) is 52.0 Å². The lowest BCUT2D eigenvalue weighted by atomic mass is 10.2. The number of hydrogen-bond acceptors (Lipinski definition) is 5. The lowest BCUT2D eigenvalue weighted by Gasteiger charge is -2.24. The molecule has 0 radical (unpaired) electrons. The van der Waals surface area contributed by atoms with Gasteiger partial charge in [-0.2, -0.15) is 4.31 Å². The van der Waals surface area contributed by atoms with Gasteiger partial charge in [0, 0.05) is 32.1 Å². The monoisotopic (exact) mass is 419 g/mol. The maximum atomic E-state index is 12.9. The Morgan fingerprint density at radius 3 is 2.55 bits per heavy atom. The highest BCUT2D eigenvalue weighted by Crippen LogP contribution is 2.25.